The first-order valence-corrected chi connectivity index (χ1v) is 8.83. The number of para-hydroxylation sites is 1. The molecule has 27 heavy (non-hydrogen) atoms. The number of fused-ring (bicyclic) bond motifs is 1. The predicted molar refractivity (Wildman–Crippen MR) is 105 cm³/mol. The third kappa shape index (κ3) is 4.17. The van der Waals surface area contributed by atoms with Gasteiger partial charge in [0.15, 0.2) is 0 Å². The fourth-order valence-corrected chi connectivity index (χ4v) is 3.01. The molecule has 0 atom stereocenters. The minimum absolute atomic E-state index is 0.0616. The van der Waals surface area contributed by atoms with Crippen LogP contribution in [0.4, 0.5) is 5.69 Å². The number of hydrogen-bond donors (Lipinski definition) is 2. The molecule has 2 heterocycles. The molecule has 4 aromatic rings. The first-order chi connectivity index (χ1) is 13.3. The number of ether oxygens (including phenoxy) is 1. The van der Waals surface area contributed by atoms with Crippen molar-refractivity contribution >= 4 is 22.5 Å². The minimum atomic E-state index is -0.0616. The summed E-state index contributed by atoms with van der Waals surface area (Å²) < 4.78 is 7.56. The van der Waals surface area contributed by atoms with E-state index in [0.717, 1.165) is 22.2 Å². The maximum atomic E-state index is 12.4. The summed E-state index contributed by atoms with van der Waals surface area (Å²) in [5.41, 5.74) is 2.74. The number of amides is 1. The molecule has 0 unspecified atom stereocenters. The standard InChI is InChI=1S/C21H20N4O2/c26-21(13-16-15-22-20-8-2-1-7-19(16)20)24-17-5-3-6-18(14-17)27-12-11-25-10-4-9-23-25/h1-10,14-15,22H,11-13H2,(H,24,26). The van der Waals surface area contributed by atoms with Crippen molar-refractivity contribution in [3.05, 3.63) is 78.8 Å². The lowest BCUT2D eigenvalue weighted by Gasteiger charge is -2.09. The molecule has 0 bridgehead atoms. The zero-order chi connectivity index (χ0) is 18.5. The molecular formula is C21H20N4O2. The summed E-state index contributed by atoms with van der Waals surface area (Å²) in [6.07, 6.45) is 5.84. The zero-order valence-electron chi connectivity index (χ0n) is 14.8. The molecular weight excluding hydrogens is 340 g/mol. The molecule has 0 aliphatic rings. The smallest absolute Gasteiger partial charge is 0.228 e. The summed E-state index contributed by atoms with van der Waals surface area (Å²) in [5.74, 6) is 0.653. The van der Waals surface area contributed by atoms with Crippen molar-refractivity contribution in [1.29, 1.82) is 0 Å². The molecule has 0 saturated carbocycles. The number of nitrogens with one attached hydrogen (secondary N) is 2. The van der Waals surface area contributed by atoms with Gasteiger partial charge in [0, 0.05) is 41.2 Å². The maximum Gasteiger partial charge on any atom is 0.228 e. The lowest BCUT2D eigenvalue weighted by molar-refractivity contribution is -0.115. The summed E-state index contributed by atoms with van der Waals surface area (Å²) in [6, 6.07) is 17.3. The largest absolute Gasteiger partial charge is 0.492 e. The van der Waals surface area contributed by atoms with Gasteiger partial charge in [0.05, 0.1) is 13.0 Å². The third-order valence-corrected chi connectivity index (χ3v) is 4.29. The Morgan fingerprint density at radius 2 is 2.07 bits per heavy atom. The third-order valence-electron chi connectivity index (χ3n) is 4.29. The van der Waals surface area contributed by atoms with Crippen LogP contribution in [-0.2, 0) is 17.8 Å². The lowest BCUT2D eigenvalue weighted by Crippen LogP contribution is -2.14. The average Bonchev–Trinajstić information content (AvgIpc) is 3.33. The number of hydrogen-bond acceptors (Lipinski definition) is 3. The lowest BCUT2D eigenvalue weighted by atomic mass is 10.1. The van der Waals surface area contributed by atoms with Gasteiger partial charge >= 0.3 is 0 Å². The second-order valence-electron chi connectivity index (χ2n) is 6.23. The van der Waals surface area contributed by atoms with Gasteiger partial charge in [-0.25, -0.2) is 0 Å². The fourth-order valence-electron chi connectivity index (χ4n) is 3.01. The Bertz CT molecular complexity index is 1040. The Balaban J connectivity index is 1.35. The van der Waals surface area contributed by atoms with Crippen LogP contribution in [0, 0.1) is 0 Å². The highest BCUT2D eigenvalue weighted by Gasteiger charge is 2.09. The second kappa shape index (κ2) is 7.78. The Morgan fingerprint density at radius 3 is 2.96 bits per heavy atom. The van der Waals surface area contributed by atoms with Crippen LogP contribution in [0.1, 0.15) is 5.56 Å². The zero-order valence-corrected chi connectivity index (χ0v) is 14.8. The van der Waals surface area contributed by atoms with E-state index >= 15 is 0 Å². The van der Waals surface area contributed by atoms with Crippen molar-refractivity contribution in [3.8, 4) is 5.75 Å². The van der Waals surface area contributed by atoms with Crippen LogP contribution in [0.2, 0.25) is 0 Å². The molecule has 2 N–H and O–H groups in total. The van der Waals surface area contributed by atoms with Crippen LogP contribution in [0.5, 0.6) is 5.75 Å². The van der Waals surface area contributed by atoms with Crippen LogP contribution in [0.25, 0.3) is 10.9 Å². The van der Waals surface area contributed by atoms with Crippen molar-refractivity contribution < 1.29 is 9.53 Å². The number of nitrogens with zero attached hydrogens (tertiary/aromatic N) is 2. The van der Waals surface area contributed by atoms with Crippen molar-refractivity contribution in [2.45, 2.75) is 13.0 Å². The topological polar surface area (TPSA) is 71.9 Å². The van der Waals surface area contributed by atoms with E-state index in [2.05, 4.69) is 15.4 Å². The van der Waals surface area contributed by atoms with E-state index in [0.29, 0.717) is 25.3 Å². The summed E-state index contributed by atoms with van der Waals surface area (Å²) in [4.78, 5) is 15.6. The number of benzene rings is 2. The van der Waals surface area contributed by atoms with Crippen LogP contribution in [0.3, 0.4) is 0 Å². The predicted octanol–water partition coefficient (Wildman–Crippen LogP) is 3.62. The van der Waals surface area contributed by atoms with Gasteiger partial charge in [-0.1, -0.05) is 24.3 Å². The van der Waals surface area contributed by atoms with Gasteiger partial charge in [0.25, 0.3) is 0 Å². The van der Waals surface area contributed by atoms with E-state index in [9.17, 15) is 4.79 Å². The molecule has 0 aliphatic carbocycles. The maximum absolute atomic E-state index is 12.4. The Labute approximate surface area is 156 Å². The van der Waals surface area contributed by atoms with Gasteiger partial charge in [0.1, 0.15) is 12.4 Å². The molecule has 4 rings (SSSR count). The SMILES string of the molecule is O=C(Cc1c[nH]c2ccccc12)Nc1cccc(OCCn2cccn2)c1. The number of aromatic amines is 1. The molecule has 0 radical (unpaired) electrons. The molecule has 0 fully saturated rings. The van der Waals surface area contributed by atoms with E-state index in [4.69, 9.17) is 4.74 Å². The number of anilines is 1. The average molecular weight is 360 g/mol. The minimum Gasteiger partial charge on any atom is -0.492 e. The van der Waals surface area contributed by atoms with Gasteiger partial charge in [-0.15, -0.1) is 0 Å². The van der Waals surface area contributed by atoms with Crippen LogP contribution >= 0.6 is 0 Å². The molecule has 136 valence electrons. The first kappa shape index (κ1) is 16.9. The first-order valence-electron chi connectivity index (χ1n) is 8.83. The van der Waals surface area contributed by atoms with E-state index < -0.39 is 0 Å². The molecule has 6 heteroatoms. The highest BCUT2D eigenvalue weighted by molar-refractivity contribution is 5.95. The van der Waals surface area contributed by atoms with Gasteiger partial charge in [-0.3, -0.25) is 9.48 Å². The van der Waals surface area contributed by atoms with Crippen LogP contribution in [-0.4, -0.2) is 27.3 Å². The van der Waals surface area contributed by atoms with Gasteiger partial charge in [-0.05, 0) is 29.8 Å². The Kier molecular flexibility index (Phi) is 4.87. The van der Waals surface area contributed by atoms with E-state index in [1.165, 1.54) is 0 Å². The summed E-state index contributed by atoms with van der Waals surface area (Å²) in [7, 11) is 0. The molecule has 2 aromatic carbocycles. The highest BCUT2D eigenvalue weighted by atomic mass is 16.5. The van der Waals surface area contributed by atoms with Gasteiger partial charge in [0.2, 0.25) is 5.91 Å². The van der Waals surface area contributed by atoms with Gasteiger partial charge < -0.3 is 15.0 Å². The van der Waals surface area contributed by atoms with E-state index in [1.807, 2.05) is 71.7 Å². The van der Waals surface area contributed by atoms with Crippen molar-refractivity contribution in [2.75, 3.05) is 11.9 Å². The summed E-state index contributed by atoms with van der Waals surface area (Å²) in [6.45, 7) is 1.18. The monoisotopic (exact) mass is 360 g/mol. The quantitative estimate of drug-likeness (QED) is 0.529. The number of aromatic nitrogens is 3. The van der Waals surface area contributed by atoms with E-state index in [-0.39, 0.29) is 5.91 Å². The fraction of sp³-hybridized carbons (Fsp3) is 0.143. The second-order valence-corrected chi connectivity index (χ2v) is 6.23. The summed E-state index contributed by atoms with van der Waals surface area (Å²) >= 11 is 0. The molecule has 2 aromatic heterocycles. The molecule has 0 spiro atoms. The van der Waals surface area contributed by atoms with Crippen LogP contribution < -0.4 is 10.1 Å². The normalized spacial score (nSPS) is 10.8. The van der Waals surface area contributed by atoms with Crippen molar-refractivity contribution in [1.82, 2.24) is 14.8 Å². The molecule has 6 nitrogen and oxygen atoms in total. The van der Waals surface area contributed by atoms with Crippen molar-refractivity contribution in [3.63, 3.8) is 0 Å². The Morgan fingerprint density at radius 1 is 1.15 bits per heavy atom. The molecule has 0 saturated heterocycles. The molecule has 1 amide bonds. The number of carbonyl (C=O) groups is 1. The van der Waals surface area contributed by atoms with Gasteiger partial charge in [-0.2, -0.15) is 5.10 Å². The highest BCUT2D eigenvalue weighted by Crippen LogP contribution is 2.20. The van der Waals surface area contributed by atoms with E-state index in [1.54, 1.807) is 6.20 Å². The molecule has 0 aliphatic heterocycles. The number of rotatable bonds is 7. The van der Waals surface area contributed by atoms with Crippen molar-refractivity contribution in [2.24, 2.45) is 0 Å². The summed E-state index contributed by atoms with van der Waals surface area (Å²) in [5, 5.41) is 8.15. The van der Waals surface area contributed by atoms with Crippen LogP contribution in [0.15, 0.2) is 73.2 Å². The number of carbonyl (C=O) groups excluding carboxylic acids is 1. The number of H-pyrrole nitrogens is 1. The Hall–Kier alpha value is -3.54.